The maximum atomic E-state index is 11.4. The molecule has 0 N–H and O–H groups in total. The number of nitriles is 1. The number of ether oxygens (including phenoxy) is 1. The number of rotatable bonds is 4. The fourth-order valence-electron chi connectivity index (χ4n) is 1.86. The van der Waals surface area contributed by atoms with Crippen LogP contribution in [0.5, 0.6) is 0 Å². The van der Waals surface area contributed by atoms with E-state index in [9.17, 15) is 4.79 Å². The van der Waals surface area contributed by atoms with Crippen LogP contribution in [-0.4, -0.2) is 31.4 Å². The zero-order valence-corrected chi connectivity index (χ0v) is 13.0. The van der Waals surface area contributed by atoms with Crippen LogP contribution in [0, 0.1) is 23.2 Å². The van der Waals surface area contributed by atoms with E-state index in [4.69, 9.17) is 14.6 Å². The van der Waals surface area contributed by atoms with Gasteiger partial charge in [0.05, 0.1) is 24.4 Å². The molecule has 1 rings (SSSR count). The van der Waals surface area contributed by atoms with Gasteiger partial charge in [0.1, 0.15) is 5.92 Å². The highest BCUT2D eigenvalue weighted by molar-refractivity contribution is 6.51. The molecule has 110 valence electrons. The van der Waals surface area contributed by atoms with Gasteiger partial charge in [-0.15, -0.1) is 0 Å². The molecule has 0 amide bonds. The van der Waals surface area contributed by atoms with Gasteiger partial charge in [-0.2, -0.15) is 5.26 Å². The molecule has 0 radical (unpaired) electrons. The maximum Gasteiger partial charge on any atom is 0.486 e. The third-order valence-corrected chi connectivity index (χ3v) is 3.96. The van der Waals surface area contributed by atoms with E-state index in [0.29, 0.717) is 0 Å². The van der Waals surface area contributed by atoms with Gasteiger partial charge in [-0.1, -0.05) is 19.0 Å². The average molecular weight is 279 g/mol. The Balaban J connectivity index is 2.71. The van der Waals surface area contributed by atoms with E-state index in [-0.39, 0.29) is 5.92 Å². The van der Waals surface area contributed by atoms with Crippen LogP contribution >= 0.6 is 0 Å². The van der Waals surface area contributed by atoms with Crippen molar-refractivity contribution in [3.63, 3.8) is 0 Å². The van der Waals surface area contributed by atoms with Crippen molar-refractivity contribution in [1.29, 1.82) is 5.26 Å². The fourth-order valence-corrected chi connectivity index (χ4v) is 1.86. The monoisotopic (exact) mass is 279 g/mol. The van der Waals surface area contributed by atoms with Gasteiger partial charge in [-0.25, -0.2) is 0 Å². The van der Waals surface area contributed by atoms with Crippen LogP contribution < -0.4 is 0 Å². The maximum absolute atomic E-state index is 11.4. The lowest BCUT2D eigenvalue weighted by Gasteiger charge is -2.32. The largest absolute Gasteiger partial charge is 0.486 e. The van der Waals surface area contributed by atoms with Crippen molar-refractivity contribution in [2.45, 2.75) is 45.8 Å². The number of hydrogen-bond donors (Lipinski definition) is 0. The molecule has 1 saturated heterocycles. The van der Waals surface area contributed by atoms with Crippen LogP contribution in [0.25, 0.3) is 0 Å². The quantitative estimate of drug-likeness (QED) is 0.582. The van der Waals surface area contributed by atoms with E-state index in [1.54, 1.807) is 19.0 Å². The minimum absolute atomic E-state index is 0.272. The molecular formula is C14H22BNO4. The Morgan fingerprint density at radius 1 is 1.30 bits per heavy atom. The summed E-state index contributed by atoms with van der Waals surface area (Å²) in [6.45, 7) is 9.66. The molecule has 0 aromatic carbocycles. The first-order chi connectivity index (χ1) is 9.14. The normalized spacial score (nSPS) is 23.4. The van der Waals surface area contributed by atoms with Gasteiger partial charge in [-0.05, 0) is 33.6 Å². The van der Waals surface area contributed by atoms with Crippen LogP contribution in [0.15, 0.2) is 12.1 Å². The molecule has 0 saturated carbocycles. The number of nitrogens with zero attached hydrogens (tertiary/aromatic N) is 1. The summed E-state index contributed by atoms with van der Waals surface area (Å²) >= 11 is 0. The van der Waals surface area contributed by atoms with Crippen molar-refractivity contribution < 1.29 is 18.8 Å². The minimum atomic E-state index is -0.821. The smallest absolute Gasteiger partial charge is 0.468 e. The van der Waals surface area contributed by atoms with Crippen molar-refractivity contribution in [3.8, 4) is 6.07 Å². The Kier molecular flexibility index (Phi) is 5.01. The molecule has 2 unspecified atom stereocenters. The Morgan fingerprint density at radius 2 is 1.80 bits per heavy atom. The molecule has 0 spiro atoms. The van der Waals surface area contributed by atoms with Crippen LogP contribution in [0.4, 0.5) is 0 Å². The van der Waals surface area contributed by atoms with E-state index in [2.05, 4.69) is 4.74 Å². The summed E-state index contributed by atoms with van der Waals surface area (Å²) in [5.41, 5.74) is -0.801. The summed E-state index contributed by atoms with van der Waals surface area (Å²) < 4.78 is 16.2. The molecule has 2 atom stereocenters. The molecule has 6 heteroatoms. The first-order valence-electron chi connectivity index (χ1n) is 6.66. The van der Waals surface area contributed by atoms with Gasteiger partial charge in [0, 0.05) is 0 Å². The highest BCUT2D eigenvalue weighted by atomic mass is 16.7. The third kappa shape index (κ3) is 3.41. The van der Waals surface area contributed by atoms with E-state index in [1.807, 2.05) is 33.8 Å². The summed E-state index contributed by atoms with van der Waals surface area (Å²) in [4.78, 5) is 11.4. The molecule has 1 fully saturated rings. The van der Waals surface area contributed by atoms with Crippen molar-refractivity contribution in [1.82, 2.24) is 0 Å². The van der Waals surface area contributed by atoms with Crippen molar-refractivity contribution in [2.24, 2.45) is 11.8 Å². The molecule has 1 aliphatic heterocycles. The standard InChI is InChI=1S/C14H22BNO4/c1-10(11(9-16)12(17)18-6)7-8-15-19-13(2,3)14(4,5)20-15/h7-8,10-11H,1-6H3/b8-7+. The van der Waals surface area contributed by atoms with E-state index in [1.165, 1.54) is 7.11 Å². The van der Waals surface area contributed by atoms with Crippen molar-refractivity contribution in [2.75, 3.05) is 7.11 Å². The summed E-state index contributed by atoms with van der Waals surface area (Å²) in [5.74, 6) is 0.123. The van der Waals surface area contributed by atoms with Crippen LogP contribution in [0.2, 0.25) is 0 Å². The van der Waals surface area contributed by atoms with Crippen LogP contribution in [0.1, 0.15) is 34.6 Å². The molecule has 1 aliphatic rings. The van der Waals surface area contributed by atoms with Crippen LogP contribution in [-0.2, 0) is 18.8 Å². The Labute approximate surface area is 121 Å². The second-order valence-corrected chi connectivity index (χ2v) is 6.00. The number of allylic oxidation sites excluding steroid dienone is 1. The Hall–Kier alpha value is -1.32. The van der Waals surface area contributed by atoms with E-state index < -0.39 is 30.2 Å². The second kappa shape index (κ2) is 5.98. The van der Waals surface area contributed by atoms with Gasteiger partial charge in [-0.3, -0.25) is 4.79 Å². The molecule has 0 aromatic rings. The van der Waals surface area contributed by atoms with Gasteiger partial charge in [0.25, 0.3) is 0 Å². The number of hydrogen-bond acceptors (Lipinski definition) is 5. The first-order valence-corrected chi connectivity index (χ1v) is 6.66. The second-order valence-electron chi connectivity index (χ2n) is 6.00. The van der Waals surface area contributed by atoms with Gasteiger partial charge in [0.15, 0.2) is 0 Å². The van der Waals surface area contributed by atoms with Crippen molar-refractivity contribution in [3.05, 3.63) is 12.1 Å². The lowest BCUT2D eigenvalue weighted by Crippen LogP contribution is -2.41. The predicted octanol–water partition coefficient (Wildman–Crippen LogP) is 2.12. The molecule has 0 aromatic heterocycles. The molecule has 20 heavy (non-hydrogen) atoms. The van der Waals surface area contributed by atoms with E-state index >= 15 is 0 Å². The third-order valence-electron chi connectivity index (χ3n) is 3.96. The highest BCUT2D eigenvalue weighted by Crippen LogP contribution is 2.37. The molecule has 5 nitrogen and oxygen atoms in total. The van der Waals surface area contributed by atoms with Gasteiger partial charge in [0.2, 0.25) is 0 Å². The number of carbonyl (C=O) groups excluding carboxylic acids is 1. The Morgan fingerprint density at radius 3 is 2.20 bits per heavy atom. The minimum Gasteiger partial charge on any atom is -0.468 e. The van der Waals surface area contributed by atoms with Crippen molar-refractivity contribution >= 4 is 13.1 Å². The fraction of sp³-hybridized carbons (Fsp3) is 0.714. The zero-order valence-electron chi connectivity index (χ0n) is 13.0. The first kappa shape index (κ1) is 16.7. The van der Waals surface area contributed by atoms with Gasteiger partial charge >= 0.3 is 13.1 Å². The number of carbonyl (C=O) groups is 1. The lowest BCUT2D eigenvalue weighted by molar-refractivity contribution is -0.144. The Bertz CT molecular complexity index is 423. The van der Waals surface area contributed by atoms with Crippen LogP contribution in [0.3, 0.4) is 0 Å². The SMILES string of the molecule is COC(=O)C(C#N)C(C)/C=C/B1OC(C)(C)C(C)(C)O1. The average Bonchev–Trinajstić information content (AvgIpc) is 2.56. The predicted molar refractivity (Wildman–Crippen MR) is 75.5 cm³/mol. The molecule has 0 bridgehead atoms. The highest BCUT2D eigenvalue weighted by Gasteiger charge is 2.50. The molecule has 0 aliphatic carbocycles. The summed E-state index contributed by atoms with van der Waals surface area (Å²) in [7, 11) is 0.802. The summed E-state index contributed by atoms with van der Waals surface area (Å²) in [6, 6.07) is 1.95. The van der Waals surface area contributed by atoms with Gasteiger partial charge < -0.3 is 14.0 Å². The molecule has 1 heterocycles. The zero-order chi connectivity index (χ0) is 15.6. The molecular weight excluding hydrogens is 257 g/mol. The topological polar surface area (TPSA) is 68.6 Å². The number of methoxy groups -OCH3 is 1. The van der Waals surface area contributed by atoms with E-state index in [0.717, 1.165) is 0 Å². The lowest BCUT2D eigenvalue weighted by atomic mass is 9.85. The summed E-state index contributed by atoms with van der Waals surface area (Å²) in [6.07, 6.45) is 1.76. The number of esters is 1. The summed E-state index contributed by atoms with van der Waals surface area (Å²) in [5, 5.41) is 9.01.